The van der Waals surface area contributed by atoms with Gasteiger partial charge in [0.05, 0.1) is 10.6 Å². The predicted molar refractivity (Wildman–Crippen MR) is 78.3 cm³/mol. The first-order valence-corrected chi connectivity index (χ1v) is 8.71. The lowest BCUT2D eigenvalue weighted by atomic mass is 10.0. The van der Waals surface area contributed by atoms with Gasteiger partial charge in [0.2, 0.25) is 0 Å². The van der Waals surface area contributed by atoms with E-state index in [9.17, 15) is 8.42 Å². The fourth-order valence-corrected chi connectivity index (χ4v) is 4.76. The quantitative estimate of drug-likeness (QED) is 0.909. The molecule has 0 amide bonds. The second-order valence-electron chi connectivity index (χ2n) is 5.18. The van der Waals surface area contributed by atoms with Crippen LogP contribution in [-0.4, -0.2) is 27.3 Å². The van der Waals surface area contributed by atoms with Crippen LogP contribution in [0.1, 0.15) is 25.7 Å². The van der Waals surface area contributed by atoms with Crippen LogP contribution in [0.3, 0.4) is 0 Å². The van der Waals surface area contributed by atoms with Crippen molar-refractivity contribution in [2.45, 2.75) is 36.6 Å². The van der Waals surface area contributed by atoms with E-state index in [0.29, 0.717) is 15.8 Å². The van der Waals surface area contributed by atoms with Gasteiger partial charge < -0.3 is 5.32 Å². The lowest BCUT2D eigenvalue weighted by Gasteiger charge is -2.22. The van der Waals surface area contributed by atoms with Gasteiger partial charge in [0.1, 0.15) is 0 Å². The van der Waals surface area contributed by atoms with Gasteiger partial charge in [0.15, 0.2) is 9.84 Å². The lowest BCUT2D eigenvalue weighted by molar-refractivity contribution is 0.404. The fraction of sp³-hybridized carbons (Fsp3) is 0.571. The molecule has 19 heavy (non-hydrogen) atoms. The number of halogens is 1. The Labute approximate surface area is 120 Å². The Morgan fingerprint density at radius 3 is 2.63 bits per heavy atom. The van der Waals surface area contributed by atoms with E-state index in [-0.39, 0.29) is 11.8 Å². The van der Waals surface area contributed by atoms with Crippen LogP contribution >= 0.6 is 11.6 Å². The van der Waals surface area contributed by atoms with E-state index in [1.807, 2.05) is 7.05 Å². The lowest BCUT2D eigenvalue weighted by Crippen LogP contribution is -2.38. The standard InChI is InChI=1S/C14H20ClNO2S/c1-16-14(11-5-2-3-6-11)10-19(17,18)13-8-4-7-12(15)9-13/h4,7-9,11,14,16H,2-3,5-6,10H2,1H3. The molecule has 1 aromatic rings. The molecular formula is C14H20ClNO2S. The van der Waals surface area contributed by atoms with Gasteiger partial charge in [-0.3, -0.25) is 0 Å². The van der Waals surface area contributed by atoms with Crippen molar-refractivity contribution in [2.24, 2.45) is 5.92 Å². The summed E-state index contributed by atoms with van der Waals surface area (Å²) in [6, 6.07) is 6.54. The third-order valence-corrected chi connectivity index (χ3v) is 5.90. The Balaban J connectivity index is 2.15. The second-order valence-corrected chi connectivity index (χ2v) is 7.65. The molecule has 1 aliphatic rings. The SMILES string of the molecule is CNC(CS(=O)(=O)c1cccc(Cl)c1)C1CCCC1. The zero-order valence-electron chi connectivity index (χ0n) is 11.1. The first-order chi connectivity index (χ1) is 9.03. The molecule has 3 nitrogen and oxygen atoms in total. The molecule has 0 bridgehead atoms. The third-order valence-electron chi connectivity index (χ3n) is 3.89. The Morgan fingerprint density at radius 2 is 2.05 bits per heavy atom. The molecule has 1 unspecified atom stereocenters. The highest BCUT2D eigenvalue weighted by atomic mass is 35.5. The summed E-state index contributed by atoms with van der Waals surface area (Å²) in [4.78, 5) is 0.318. The predicted octanol–water partition coefficient (Wildman–Crippen LogP) is 2.89. The molecule has 1 saturated carbocycles. The molecule has 0 aromatic heterocycles. The Kier molecular flexibility index (Phi) is 4.87. The first kappa shape index (κ1) is 14.8. The summed E-state index contributed by atoms with van der Waals surface area (Å²) in [7, 11) is -1.43. The summed E-state index contributed by atoms with van der Waals surface area (Å²) >= 11 is 5.87. The van der Waals surface area contributed by atoms with Crippen molar-refractivity contribution in [3.63, 3.8) is 0 Å². The maximum absolute atomic E-state index is 12.4. The number of hydrogen-bond donors (Lipinski definition) is 1. The van der Waals surface area contributed by atoms with E-state index in [2.05, 4.69) is 5.32 Å². The van der Waals surface area contributed by atoms with Gasteiger partial charge in [-0.2, -0.15) is 0 Å². The van der Waals surface area contributed by atoms with E-state index >= 15 is 0 Å². The van der Waals surface area contributed by atoms with Gasteiger partial charge in [-0.15, -0.1) is 0 Å². The highest BCUT2D eigenvalue weighted by Crippen LogP contribution is 2.29. The summed E-state index contributed by atoms with van der Waals surface area (Å²) in [5.74, 6) is 0.619. The minimum Gasteiger partial charge on any atom is -0.316 e. The smallest absolute Gasteiger partial charge is 0.179 e. The Bertz CT molecular complexity index is 524. The molecular weight excluding hydrogens is 282 g/mol. The van der Waals surface area contributed by atoms with Crippen LogP contribution in [0.5, 0.6) is 0 Å². The number of rotatable bonds is 5. The monoisotopic (exact) mass is 301 g/mol. The number of benzene rings is 1. The molecule has 0 spiro atoms. The maximum atomic E-state index is 12.4. The zero-order chi connectivity index (χ0) is 13.9. The molecule has 106 valence electrons. The van der Waals surface area contributed by atoms with Crippen molar-refractivity contribution < 1.29 is 8.42 Å². The molecule has 1 aromatic carbocycles. The molecule has 0 radical (unpaired) electrons. The fourth-order valence-electron chi connectivity index (χ4n) is 2.81. The van der Waals surface area contributed by atoms with Gasteiger partial charge in [0.25, 0.3) is 0 Å². The summed E-state index contributed by atoms with van der Waals surface area (Å²) < 4.78 is 24.8. The van der Waals surface area contributed by atoms with E-state index in [1.54, 1.807) is 18.2 Å². The van der Waals surface area contributed by atoms with Crippen LogP contribution in [-0.2, 0) is 9.84 Å². The van der Waals surface area contributed by atoms with Crippen molar-refractivity contribution in [1.29, 1.82) is 0 Å². The van der Waals surface area contributed by atoms with Crippen LogP contribution < -0.4 is 5.32 Å². The molecule has 0 aliphatic heterocycles. The van der Waals surface area contributed by atoms with E-state index < -0.39 is 9.84 Å². The van der Waals surface area contributed by atoms with E-state index in [1.165, 1.54) is 18.9 Å². The highest BCUT2D eigenvalue weighted by molar-refractivity contribution is 7.91. The van der Waals surface area contributed by atoms with Gasteiger partial charge >= 0.3 is 0 Å². The molecule has 0 saturated heterocycles. The minimum atomic E-state index is -3.28. The van der Waals surface area contributed by atoms with Crippen LogP contribution in [0.2, 0.25) is 5.02 Å². The molecule has 1 fully saturated rings. The van der Waals surface area contributed by atoms with Gasteiger partial charge in [0, 0.05) is 11.1 Å². The molecule has 1 atom stereocenters. The summed E-state index contributed by atoms with van der Waals surface area (Å²) in [6.45, 7) is 0. The van der Waals surface area contributed by atoms with E-state index in [4.69, 9.17) is 11.6 Å². The molecule has 1 aliphatic carbocycles. The van der Waals surface area contributed by atoms with Gasteiger partial charge in [-0.05, 0) is 44.0 Å². The largest absolute Gasteiger partial charge is 0.316 e. The van der Waals surface area contributed by atoms with Crippen molar-refractivity contribution in [3.05, 3.63) is 29.3 Å². The van der Waals surface area contributed by atoms with E-state index in [0.717, 1.165) is 12.8 Å². The van der Waals surface area contributed by atoms with Crippen molar-refractivity contribution in [2.75, 3.05) is 12.8 Å². The van der Waals surface area contributed by atoms with Gasteiger partial charge in [-0.25, -0.2) is 8.42 Å². The summed E-state index contributed by atoms with van der Waals surface area (Å²) in [5, 5.41) is 3.63. The summed E-state index contributed by atoms with van der Waals surface area (Å²) in [6.07, 6.45) is 4.66. The second kappa shape index (κ2) is 6.25. The summed E-state index contributed by atoms with van der Waals surface area (Å²) in [5.41, 5.74) is 0. The van der Waals surface area contributed by atoms with Crippen LogP contribution in [0.25, 0.3) is 0 Å². The highest BCUT2D eigenvalue weighted by Gasteiger charge is 2.29. The van der Waals surface area contributed by atoms with Crippen molar-refractivity contribution >= 4 is 21.4 Å². The van der Waals surface area contributed by atoms with Crippen molar-refractivity contribution in [1.82, 2.24) is 5.32 Å². The Hall–Kier alpha value is -0.580. The van der Waals surface area contributed by atoms with Gasteiger partial charge in [-0.1, -0.05) is 30.5 Å². The average Bonchev–Trinajstić information content (AvgIpc) is 2.90. The molecule has 0 heterocycles. The molecule has 2 rings (SSSR count). The van der Waals surface area contributed by atoms with Crippen LogP contribution in [0.15, 0.2) is 29.2 Å². The normalized spacial score (nSPS) is 18.6. The first-order valence-electron chi connectivity index (χ1n) is 6.68. The maximum Gasteiger partial charge on any atom is 0.179 e. The Morgan fingerprint density at radius 1 is 1.37 bits per heavy atom. The average molecular weight is 302 g/mol. The number of sulfone groups is 1. The zero-order valence-corrected chi connectivity index (χ0v) is 12.7. The molecule has 5 heteroatoms. The number of hydrogen-bond acceptors (Lipinski definition) is 3. The topological polar surface area (TPSA) is 46.2 Å². The molecule has 1 N–H and O–H groups in total. The van der Waals surface area contributed by atoms with Crippen LogP contribution in [0, 0.1) is 5.92 Å². The number of nitrogens with one attached hydrogen (secondary N) is 1. The minimum absolute atomic E-state index is 0.0338. The van der Waals surface area contributed by atoms with Crippen molar-refractivity contribution in [3.8, 4) is 0 Å². The third kappa shape index (κ3) is 3.71. The van der Waals surface area contributed by atoms with Crippen LogP contribution in [0.4, 0.5) is 0 Å².